The molecule has 1 aliphatic rings. The summed E-state index contributed by atoms with van der Waals surface area (Å²) in [5.74, 6) is -0.963. The highest BCUT2D eigenvalue weighted by Gasteiger charge is 2.37. The molecule has 0 aliphatic heterocycles. The zero-order valence-electron chi connectivity index (χ0n) is 14.3. The third-order valence-electron chi connectivity index (χ3n) is 5.04. The molecule has 2 aromatic carbocycles. The van der Waals surface area contributed by atoms with Crippen LogP contribution in [0.4, 0.5) is 0 Å². The summed E-state index contributed by atoms with van der Waals surface area (Å²) in [6.45, 7) is 4.44. The van der Waals surface area contributed by atoms with Crippen molar-refractivity contribution in [2.24, 2.45) is 7.05 Å². The lowest BCUT2D eigenvalue weighted by molar-refractivity contribution is 0.0680. The van der Waals surface area contributed by atoms with Crippen LogP contribution in [0.1, 0.15) is 35.6 Å². The molecular weight excluding hydrogens is 427 g/mol. The molecule has 0 saturated heterocycles. The minimum absolute atomic E-state index is 0. The average molecular weight is 446 g/mol. The van der Waals surface area contributed by atoms with Crippen molar-refractivity contribution in [2.75, 3.05) is 0 Å². The van der Waals surface area contributed by atoms with E-state index in [2.05, 4.69) is 55.2 Å². The predicted molar refractivity (Wildman–Crippen MR) is 109 cm³/mol. The summed E-state index contributed by atoms with van der Waals surface area (Å²) in [5.41, 5.74) is 6.71. The topological polar surface area (TPSA) is 55.1 Å². The molecule has 4 rings (SSSR count). The Hall–Kier alpha value is -2.15. The minimum Gasteiger partial charge on any atom is -0.475 e. The van der Waals surface area contributed by atoms with Crippen LogP contribution in [0.2, 0.25) is 0 Å². The first-order valence-electron chi connectivity index (χ1n) is 7.91. The second-order valence-electron chi connectivity index (χ2n) is 6.73. The number of nitrogens with zero attached hydrogens (tertiary/aromatic N) is 2. The van der Waals surface area contributed by atoms with Crippen LogP contribution >= 0.6 is 24.0 Å². The first-order valence-corrected chi connectivity index (χ1v) is 7.91. The van der Waals surface area contributed by atoms with E-state index in [-0.39, 0.29) is 35.2 Å². The fraction of sp³-hybridized carbons (Fsp3) is 0.200. The molecule has 1 aromatic heterocycles. The predicted octanol–water partition coefficient (Wildman–Crippen LogP) is 4.71. The van der Waals surface area contributed by atoms with Crippen LogP contribution in [-0.2, 0) is 12.5 Å². The van der Waals surface area contributed by atoms with E-state index >= 15 is 0 Å². The molecule has 0 spiro atoms. The second kappa shape index (κ2) is 5.98. The van der Waals surface area contributed by atoms with E-state index in [1.54, 1.807) is 17.8 Å². The Kier molecular flexibility index (Phi) is 4.23. The van der Waals surface area contributed by atoms with E-state index < -0.39 is 5.97 Å². The van der Waals surface area contributed by atoms with E-state index in [4.69, 9.17) is 0 Å². The maximum absolute atomic E-state index is 11.3. The van der Waals surface area contributed by atoms with Crippen molar-refractivity contribution in [1.82, 2.24) is 9.55 Å². The molecule has 1 N–H and O–H groups in total. The smallest absolute Gasteiger partial charge is 0.372 e. The van der Waals surface area contributed by atoms with E-state index in [9.17, 15) is 9.90 Å². The third-order valence-corrected chi connectivity index (χ3v) is 5.04. The van der Waals surface area contributed by atoms with Crippen LogP contribution in [0.5, 0.6) is 0 Å². The highest BCUT2D eigenvalue weighted by atomic mass is 127. The van der Waals surface area contributed by atoms with Crippen molar-refractivity contribution in [1.29, 1.82) is 0 Å². The number of fused-ring (bicyclic) bond motifs is 3. The number of hydrogen-bond donors (Lipinski definition) is 1. The SMILES string of the molecule is Cn1c(-c2cccc3c2C(C)(C)c2ccccc2-3)cnc1C(=O)O.I. The van der Waals surface area contributed by atoms with Crippen molar-refractivity contribution in [3.05, 3.63) is 65.6 Å². The van der Waals surface area contributed by atoms with Crippen molar-refractivity contribution in [3.8, 4) is 22.4 Å². The van der Waals surface area contributed by atoms with Gasteiger partial charge in [-0.2, -0.15) is 0 Å². The molecule has 0 radical (unpaired) electrons. The van der Waals surface area contributed by atoms with Crippen LogP contribution in [0.15, 0.2) is 48.7 Å². The standard InChI is InChI=1S/C20H18N2O2.HI/c1-20(2)15-10-5-4-7-12(15)13-8-6-9-14(17(13)20)16-11-21-18(19(23)24)22(16)3;/h4-11H,1-3H3,(H,23,24);1H. The third kappa shape index (κ3) is 2.40. The lowest BCUT2D eigenvalue weighted by atomic mass is 9.79. The molecule has 5 heteroatoms. The summed E-state index contributed by atoms with van der Waals surface area (Å²) >= 11 is 0. The maximum Gasteiger partial charge on any atom is 0.372 e. The van der Waals surface area contributed by atoms with Gasteiger partial charge in [-0.1, -0.05) is 56.3 Å². The van der Waals surface area contributed by atoms with Crippen molar-refractivity contribution >= 4 is 29.9 Å². The molecule has 0 bridgehead atoms. The van der Waals surface area contributed by atoms with Gasteiger partial charge in [-0.15, -0.1) is 24.0 Å². The van der Waals surface area contributed by atoms with Gasteiger partial charge in [0.15, 0.2) is 0 Å². The Balaban J connectivity index is 0.00000182. The van der Waals surface area contributed by atoms with E-state index in [0.717, 1.165) is 11.3 Å². The molecule has 1 aliphatic carbocycles. The van der Waals surface area contributed by atoms with Gasteiger partial charge in [0.1, 0.15) is 0 Å². The van der Waals surface area contributed by atoms with Gasteiger partial charge >= 0.3 is 5.97 Å². The summed E-state index contributed by atoms with van der Waals surface area (Å²) in [7, 11) is 1.75. The van der Waals surface area contributed by atoms with Gasteiger partial charge in [-0.3, -0.25) is 0 Å². The summed E-state index contributed by atoms with van der Waals surface area (Å²) < 4.78 is 1.65. The summed E-state index contributed by atoms with van der Waals surface area (Å²) in [4.78, 5) is 15.4. The molecule has 25 heavy (non-hydrogen) atoms. The molecule has 128 valence electrons. The van der Waals surface area contributed by atoms with E-state index in [0.29, 0.717) is 0 Å². The molecule has 0 atom stereocenters. The van der Waals surface area contributed by atoms with Gasteiger partial charge < -0.3 is 9.67 Å². The van der Waals surface area contributed by atoms with Crippen LogP contribution < -0.4 is 0 Å². The van der Waals surface area contributed by atoms with Crippen LogP contribution in [-0.4, -0.2) is 20.6 Å². The number of carbonyl (C=O) groups is 1. The fourth-order valence-electron chi connectivity index (χ4n) is 3.92. The zero-order valence-corrected chi connectivity index (χ0v) is 16.6. The molecule has 0 fully saturated rings. The molecule has 4 nitrogen and oxygen atoms in total. The fourth-order valence-corrected chi connectivity index (χ4v) is 3.92. The van der Waals surface area contributed by atoms with E-state index in [1.165, 1.54) is 22.3 Å². The number of rotatable bonds is 2. The van der Waals surface area contributed by atoms with Gasteiger partial charge in [0, 0.05) is 18.0 Å². The van der Waals surface area contributed by atoms with Crippen molar-refractivity contribution < 1.29 is 9.90 Å². The number of benzene rings is 2. The summed E-state index contributed by atoms with van der Waals surface area (Å²) in [6, 6.07) is 14.7. The molecule has 0 amide bonds. The second-order valence-corrected chi connectivity index (χ2v) is 6.73. The Bertz CT molecular complexity index is 989. The van der Waals surface area contributed by atoms with Crippen molar-refractivity contribution in [3.63, 3.8) is 0 Å². The molecule has 0 saturated carbocycles. The van der Waals surface area contributed by atoms with Crippen LogP contribution in [0.3, 0.4) is 0 Å². The zero-order chi connectivity index (χ0) is 17.1. The number of imidazole rings is 1. The summed E-state index contributed by atoms with van der Waals surface area (Å²) in [6.07, 6.45) is 1.65. The maximum atomic E-state index is 11.3. The number of aromatic carboxylic acids is 1. The average Bonchev–Trinajstić information content (AvgIpc) is 3.05. The number of halogens is 1. The van der Waals surface area contributed by atoms with Gasteiger partial charge in [0.2, 0.25) is 5.82 Å². The Labute approximate surface area is 163 Å². The molecular formula is C20H19IN2O2. The Morgan fingerprint density at radius 1 is 1.04 bits per heavy atom. The first kappa shape index (κ1) is 17.7. The van der Waals surface area contributed by atoms with Crippen LogP contribution in [0, 0.1) is 0 Å². The van der Waals surface area contributed by atoms with E-state index in [1.807, 2.05) is 6.07 Å². The van der Waals surface area contributed by atoms with Gasteiger partial charge in [0.05, 0.1) is 11.9 Å². The van der Waals surface area contributed by atoms with Crippen LogP contribution in [0.25, 0.3) is 22.4 Å². The Morgan fingerprint density at radius 3 is 2.36 bits per heavy atom. The minimum atomic E-state index is -1.01. The first-order chi connectivity index (χ1) is 11.4. The summed E-state index contributed by atoms with van der Waals surface area (Å²) in [5, 5.41) is 9.28. The number of carboxylic acids is 1. The van der Waals surface area contributed by atoms with Crippen molar-refractivity contribution in [2.45, 2.75) is 19.3 Å². The highest BCUT2D eigenvalue weighted by Crippen LogP contribution is 2.51. The lowest BCUT2D eigenvalue weighted by Gasteiger charge is -2.24. The molecule has 0 unspecified atom stereocenters. The van der Waals surface area contributed by atoms with Gasteiger partial charge in [-0.05, 0) is 22.3 Å². The Morgan fingerprint density at radius 2 is 1.68 bits per heavy atom. The highest BCUT2D eigenvalue weighted by molar-refractivity contribution is 14.0. The quantitative estimate of drug-likeness (QED) is 0.581. The number of hydrogen-bond acceptors (Lipinski definition) is 2. The monoisotopic (exact) mass is 446 g/mol. The van der Waals surface area contributed by atoms with Gasteiger partial charge in [0.25, 0.3) is 0 Å². The number of carboxylic acid groups (broad SMARTS) is 1. The largest absolute Gasteiger partial charge is 0.475 e. The van der Waals surface area contributed by atoms with Gasteiger partial charge in [-0.25, -0.2) is 9.78 Å². The normalized spacial score (nSPS) is 13.7. The lowest BCUT2D eigenvalue weighted by Crippen LogP contribution is -2.17. The molecule has 3 aromatic rings. The molecule has 1 heterocycles. The number of aromatic nitrogens is 2.